The van der Waals surface area contributed by atoms with Gasteiger partial charge in [0.25, 0.3) is 0 Å². The van der Waals surface area contributed by atoms with Gasteiger partial charge in [-0.25, -0.2) is 13.6 Å². The molecule has 0 aromatic carbocycles. The number of sulfonamides is 1. The van der Waals surface area contributed by atoms with E-state index in [1.807, 2.05) is 0 Å². The van der Waals surface area contributed by atoms with Crippen LogP contribution in [0.25, 0.3) is 0 Å². The molecule has 7 heteroatoms. The van der Waals surface area contributed by atoms with Gasteiger partial charge >= 0.3 is 0 Å². The number of hydrogen-bond acceptors (Lipinski definition) is 4. The molecule has 1 heterocycles. The first-order valence-corrected chi connectivity index (χ1v) is 6.13. The summed E-state index contributed by atoms with van der Waals surface area (Å²) in [7, 11) is -1.98. The number of nitrogens with zero attached hydrogens (tertiary/aromatic N) is 2. The molecule has 1 aromatic heterocycles. The van der Waals surface area contributed by atoms with Crippen molar-refractivity contribution in [1.29, 1.82) is 0 Å². The first-order chi connectivity index (χ1) is 7.04. The number of primary sulfonamides is 1. The SMILES string of the molecule is COCCCCn1cc(S(N)(=O)=O)cn1. The van der Waals surface area contributed by atoms with Crippen molar-refractivity contribution in [3.8, 4) is 0 Å². The van der Waals surface area contributed by atoms with E-state index in [0.29, 0.717) is 13.2 Å². The maximum absolute atomic E-state index is 10.9. The molecule has 0 aliphatic heterocycles. The molecule has 0 saturated carbocycles. The molecular formula is C8H15N3O3S. The lowest BCUT2D eigenvalue weighted by molar-refractivity contribution is 0.191. The smallest absolute Gasteiger partial charge is 0.241 e. The Balaban J connectivity index is 2.47. The summed E-state index contributed by atoms with van der Waals surface area (Å²) >= 11 is 0. The number of methoxy groups -OCH3 is 1. The van der Waals surface area contributed by atoms with Crippen molar-refractivity contribution in [2.75, 3.05) is 13.7 Å². The van der Waals surface area contributed by atoms with Gasteiger partial charge in [-0.15, -0.1) is 0 Å². The number of ether oxygens (including phenoxy) is 1. The summed E-state index contributed by atoms with van der Waals surface area (Å²) < 4.78 is 28.3. The second-order valence-corrected chi connectivity index (χ2v) is 4.75. The number of aromatic nitrogens is 2. The molecule has 0 amide bonds. The summed E-state index contributed by atoms with van der Waals surface area (Å²) in [5.41, 5.74) is 0. The Hall–Kier alpha value is -0.920. The van der Waals surface area contributed by atoms with Gasteiger partial charge in [-0.1, -0.05) is 0 Å². The van der Waals surface area contributed by atoms with Gasteiger partial charge in [0, 0.05) is 26.5 Å². The van der Waals surface area contributed by atoms with E-state index in [1.54, 1.807) is 11.8 Å². The predicted octanol–water partition coefficient (Wildman–Crippen LogP) is -0.0429. The molecule has 0 bridgehead atoms. The van der Waals surface area contributed by atoms with Crippen molar-refractivity contribution in [3.63, 3.8) is 0 Å². The molecule has 6 nitrogen and oxygen atoms in total. The lowest BCUT2D eigenvalue weighted by Gasteiger charge is -2.00. The van der Waals surface area contributed by atoms with Crippen molar-refractivity contribution in [2.45, 2.75) is 24.3 Å². The van der Waals surface area contributed by atoms with E-state index in [2.05, 4.69) is 5.10 Å². The molecule has 0 spiro atoms. The zero-order valence-electron chi connectivity index (χ0n) is 8.59. The van der Waals surface area contributed by atoms with Crippen LogP contribution in [0.15, 0.2) is 17.3 Å². The van der Waals surface area contributed by atoms with Gasteiger partial charge in [0.05, 0.1) is 6.20 Å². The summed E-state index contributed by atoms with van der Waals surface area (Å²) in [6, 6.07) is 0. The number of unbranched alkanes of at least 4 members (excludes halogenated alkanes) is 1. The van der Waals surface area contributed by atoms with Crippen LogP contribution in [0.3, 0.4) is 0 Å². The highest BCUT2D eigenvalue weighted by Crippen LogP contribution is 2.04. The van der Waals surface area contributed by atoms with Crippen LogP contribution in [-0.2, 0) is 21.3 Å². The molecule has 0 saturated heterocycles. The van der Waals surface area contributed by atoms with Crippen LogP contribution in [0.2, 0.25) is 0 Å². The van der Waals surface area contributed by atoms with Crippen LogP contribution < -0.4 is 5.14 Å². The van der Waals surface area contributed by atoms with E-state index in [9.17, 15) is 8.42 Å². The molecule has 1 aromatic rings. The molecule has 0 aliphatic carbocycles. The molecule has 15 heavy (non-hydrogen) atoms. The van der Waals surface area contributed by atoms with E-state index in [-0.39, 0.29) is 4.90 Å². The second kappa shape index (κ2) is 5.24. The molecule has 0 radical (unpaired) electrons. The van der Waals surface area contributed by atoms with Crippen LogP contribution in [0.4, 0.5) is 0 Å². The largest absolute Gasteiger partial charge is 0.385 e. The first kappa shape index (κ1) is 12.2. The monoisotopic (exact) mass is 233 g/mol. The van der Waals surface area contributed by atoms with Gasteiger partial charge in [-0.05, 0) is 12.8 Å². The Bertz CT molecular complexity index is 399. The van der Waals surface area contributed by atoms with Crippen LogP contribution >= 0.6 is 0 Å². The Morgan fingerprint density at radius 1 is 1.53 bits per heavy atom. The van der Waals surface area contributed by atoms with Crippen LogP contribution in [0.5, 0.6) is 0 Å². The fourth-order valence-corrected chi connectivity index (χ4v) is 1.60. The van der Waals surface area contributed by atoms with Gasteiger partial charge in [-0.2, -0.15) is 5.10 Å². The van der Waals surface area contributed by atoms with Gasteiger partial charge in [0.1, 0.15) is 4.90 Å². The van der Waals surface area contributed by atoms with Crippen molar-refractivity contribution in [2.24, 2.45) is 5.14 Å². The quantitative estimate of drug-likeness (QED) is 0.698. The van der Waals surface area contributed by atoms with Crippen molar-refractivity contribution >= 4 is 10.0 Å². The Morgan fingerprint density at radius 3 is 2.80 bits per heavy atom. The summed E-state index contributed by atoms with van der Waals surface area (Å²) in [5, 5.41) is 8.84. The zero-order chi connectivity index (χ0) is 11.3. The van der Waals surface area contributed by atoms with Gasteiger partial charge in [-0.3, -0.25) is 4.68 Å². The number of aryl methyl sites for hydroxylation is 1. The fourth-order valence-electron chi connectivity index (χ4n) is 1.13. The van der Waals surface area contributed by atoms with E-state index in [1.165, 1.54) is 12.4 Å². The molecule has 86 valence electrons. The number of rotatable bonds is 6. The molecule has 0 aliphatic rings. The van der Waals surface area contributed by atoms with Crippen molar-refractivity contribution < 1.29 is 13.2 Å². The molecule has 0 atom stereocenters. The lowest BCUT2D eigenvalue weighted by Crippen LogP contribution is -2.11. The van der Waals surface area contributed by atoms with E-state index >= 15 is 0 Å². The maximum atomic E-state index is 10.9. The number of hydrogen-bond donors (Lipinski definition) is 1. The lowest BCUT2D eigenvalue weighted by atomic mass is 10.3. The summed E-state index contributed by atoms with van der Waals surface area (Å²) in [5.74, 6) is 0. The predicted molar refractivity (Wildman–Crippen MR) is 54.7 cm³/mol. The van der Waals surface area contributed by atoms with Gasteiger partial charge in [0.2, 0.25) is 10.0 Å². The number of nitrogens with two attached hydrogens (primary N) is 1. The van der Waals surface area contributed by atoms with E-state index in [4.69, 9.17) is 9.88 Å². The Labute approximate surface area is 89.1 Å². The minimum Gasteiger partial charge on any atom is -0.385 e. The van der Waals surface area contributed by atoms with E-state index in [0.717, 1.165) is 12.8 Å². The zero-order valence-corrected chi connectivity index (χ0v) is 9.40. The normalized spacial score (nSPS) is 11.9. The van der Waals surface area contributed by atoms with Gasteiger partial charge < -0.3 is 4.74 Å². The summed E-state index contributed by atoms with van der Waals surface area (Å²) in [6.45, 7) is 1.36. The molecule has 2 N–H and O–H groups in total. The van der Waals surface area contributed by atoms with Crippen LogP contribution in [0, 0.1) is 0 Å². The Kier molecular flexibility index (Phi) is 4.25. The minimum atomic E-state index is -3.63. The van der Waals surface area contributed by atoms with Crippen LogP contribution in [-0.4, -0.2) is 31.9 Å². The third-order valence-electron chi connectivity index (χ3n) is 1.92. The highest BCUT2D eigenvalue weighted by atomic mass is 32.2. The summed E-state index contributed by atoms with van der Waals surface area (Å²) in [6.07, 6.45) is 4.49. The first-order valence-electron chi connectivity index (χ1n) is 4.58. The average molecular weight is 233 g/mol. The second-order valence-electron chi connectivity index (χ2n) is 3.18. The van der Waals surface area contributed by atoms with Crippen LogP contribution in [0.1, 0.15) is 12.8 Å². The maximum Gasteiger partial charge on any atom is 0.241 e. The van der Waals surface area contributed by atoms with Crippen molar-refractivity contribution in [1.82, 2.24) is 9.78 Å². The average Bonchev–Trinajstić information content (AvgIpc) is 2.60. The minimum absolute atomic E-state index is 0.0502. The Morgan fingerprint density at radius 2 is 2.27 bits per heavy atom. The molecule has 1 rings (SSSR count). The van der Waals surface area contributed by atoms with Gasteiger partial charge in [0.15, 0.2) is 0 Å². The third-order valence-corrected chi connectivity index (χ3v) is 2.79. The van der Waals surface area contributed by atoms with Crippen molar-refractivity contribution in [3.05, 3.63) is 12.4 Å². The standard InChI is InChI=1S/C8H15N3O3S/c1-14-5-3-2-4-11-7-8(6-10-11)15(9,12)13/h6-7H,2-5H2,1H3,(H2,9,12,13). The fraction of sp³-hybridized carbons (Fsp3) is 0.625. The summed E-state index contributed by atoms with van der Waals surface area (Å²) in [4.78, 5) is 0.0502. The molecule has 0 fully saturated rings. The highest BCUT2D eigenvalue weighted by Gasteiger charge is 2.09. The highest BCUT2D eigenvalue weighted by molar-refractivity contribution is 7.89. The molecular weight excluding hydrogens is 218 g/mol. The molecule has 0 unspecified atom stereocenters. The third kappa shape index (κ3) is 3.98. The van der Waals surface area contributed by atoms with E-state index < -0.39 is 10.0 Å². The topological polar surface area (TPSA) is 87.2 Å².